The van der Waals surface area contributed by atoms with Crippen molar-refractivity contribution in [1.82, 2.24) is 9.62 Å². The van der Waals surface area contributed by atoms with Crippen LogP contribution in [0, 0.1) is 5.92 Å². The fourth-order valence-electron chi connectivity index (χ4n) is 3.63. The molecule has 1 atom stereocenters. The average molecular weight is 365 g/mol. The molecule has 1 fully saturated rings. The number of hydrogen-bond donors (Lipinski definition) is 2. The third kappa shape index (κ3) is 4.59. The molecule has 0 radical (unpaired) electrons. The first-order chi connectivity index (χ1) is 12.0. The van der Waals surface area contributed by atoms with Crippen LogP contribution in [0.1, 0.15) is 38.2 Å². The van der Waals surface area contributed by atoms with Gasteiger partial charge in [-0.15, -0.1) is 0 Å². The normalized spacial score (nSPS) is 22.1. The smallest absolute Gasteiger partial charge is 0.240 e. The SMILES string of the molecule is CCN1CCCC(CNS(=O)(=O)c2ccc3c(c2)CCCC(=O)N3)C1. The number of hydrogen-bond acceptors (Lipinski definition) is 4. The van der Waals surface area contributed by atoms with Crippen molar-refractivity contribution in [2.75, 3.05) is 31.5 Å². The number of likely N-dealkylation sites (tertiary alicyclic amines) is 1. The van der Waals surface area contributed by atoms with E-state index in [9.17, 15) is 13.2 Å². The van der Waals surface area contributed by atoms with Crippen LogP contribution in [0.25, 0.3) is 0 Å². The Bertz CT molecular complexity index is 733. The molecule has 0 aliphatic carbocycles. The van der Waals surface area contributed by atoms with E-state index in [2.05, 4.69) is 21.9 Å². The maximum Gasteiger partial charge on any atom is 0.240 e. The minimum Gasteiger partial charge on any atom is -0.326 e. The highest BCUT2D eigenvalue weighted by Crippen LogP contribution is 2.25. The molecule has 0 spiro atoms. The summed E-state index contributed by atoms with van der Waals surface area (Å²) in [5.74, 6) is 0.355. The van der Waals surface area contributed by atoms with E-state index in [1.165, 1.54) is 0 Å². The zero-order chi connectivity index (χ0) is 17.9. The van der Waals surface area contributed by atoms with Crippen LogP contribution in [0.4, 0.5) is 5.69 Å². The van der Waals surface area contributed by atoms with Gasteiger partial charge in [0.15, 0.2) is 0 Å². The number of carbonyl (C=O) groups excluding carboxylic acids is 1. The topological polar surface area (TPSA) is 78.5 Å². The molecule has 3 rings (SSSR count). The van der Waals surface area contributed by atoms with Crippen molar-refractivity contribution in [3.05, 3.63) is 23.8 Å². The number of amides is 1. The van der Waals surface area contributed by atoms with Crippen LogP contribution in [0.15, 0.2) is 23.1 Å². The van der Waals surface area contributed by atoms with E-state index in [1.807, 2.05) is 0 Å². The predicted molar refractivity (Wildman–Crippen MR) is 98.0 cm³/mol. The van der Waals surface area contributed by atoms with Crippen LogP contribution in [0.5, 0.6) is 0 Å². The molecule has 2 aliphatic rings. The molecular formula is C18H27N3O3S. The van der Waals surface area contributed by atoms with Gasteiger partial charge < -0.3 is 10.2 Å². The molecule has 0 aromatic heterocycles. The Balaban J connectivity index is 1.68. The zero-order valence-electron chi connectivity index (χ0n) is 14.8. The Labute approximate surface area is 150 Å². The summed E-state index contributed by atoms with van der Waals surface area (Å²) >= 11 is 0. The third-order valence-electron chi connectivity index (χ3n) is 5.12. The summed E-state index contributed by atoms with van der Waals surface area (Å²) in [6, 6.07) is 4.97. The van der Waals surface area contributed by atoms with E-state index in [-0.39, 0.29) is 10.8 Å². The van der Waals surface area contributed by atoms with Gasteiger partial charge in [0.05, 0.1) is 4.90 Å². The van der Waals surface area contributed by atoms with E-state index in [4.69, 9.17) is 0 Å². The summed E-state index contributed by atoms with van der Waals surface area (Å²) in [5.41, 5.74) is 1.62. The first kappa shape index (κ1) is 18.4. The monoisotopic (exact) mass is 365 g/mol. The lowest BCUT2D eigenvalue weighted by molar-refractivity contribution is -0.116. The van der Waals surface area contributed by atoms with Gasteiger partial charge in [-0.25, -0.2) is 13.1 Å². The van der Waals surface area contributed by atoms with Gasteiger partial charge in [0, 0.05) is 25.2 Å². The predicted octanol–water partition coefficient (Wildman–Crippen LogP) is 1.97. The van der Waals surface area contributed by atoms with Crippen molar-refractivity contribution in [3.63, 3.8) is 0 Å². The molecule has 1 amide bonds. The molecule has 2 heterocycles. The zero-order valence-corrected chi connectivity index (χ0v) is 15.6. The van der Waals surface area contributed by atoms with Gasteiger partial charge in [0.25, 0.3) is 0 Å². The first-order valence-electron chi connectivity index (χ1n) is 9.12. The summed E-state index contributed by atoms with van der Waals surface area (Å²) in [5, 5.41) is 2.84. The Morgan fingerprint density at radius 1 is 1.28 bits per heavy atom. The van der Waals surface area contributed by atoms with Crippen molar-refractivity contribution in [1.29, 1.82) is 0 Å². The molecule has 7 heteroatoms. The largest absolute Gasteiger partial charge is 0.326 e. The van der Waals surface area contributed by atoms with Crippen LogP contribution in [0.3, 0.4) is 0 Å². The Hall–Kier alpha value is -1.44. The minimum atomic E-state index is -3.52. The van der Waals surface area contributed by atoms with E-state index < -0.39 is 10.0 Å². The van der Waals surface area contributed by atoms with E-state index >= 15 is 0 Å². The van der Waals surface area contributed by atoms with Gasteiger partial charge >= 0.3 is 0 Å². The van der Waals surface area contributed by atoms with Gasteiger partial charge in [0.2, 0.25) is 15.9 Å². The van der Waals surface area contributed by atoms with Crippen LogP contribution >= 0.6 is 0 Å². The highest BCUT2D eigenvalue weighted by molar-refractivity contribution is 7.89. The van der Waals surface area contributed by atoms with E-state index in [0.717, 1.165) is 50.1 Å². The third-order valence-corrected chi connectivity index (χ3v) is 6.54. The number of carbonyl (C=O) groups is 1. The Morgan fingerprint density at radius 2 is 2.12 bits per heavy atom. The lowest BCUT2D eigenvalue weighted by Crippen LogP contribution is -2.40. The van der Waals surface area contributed by atoms with Crippen molar-refractivity contribution in [3.8, 4) is 0 Å². The van der Waals surface area contributed by atoms with Crippen LogP contribution in [0.2, 0.25) is 0 Å². The summed E-state index contributed by atoms with van der Waals surface area (Å²) in [6.07, 6.45) is 4.12. The maximum absolute atomic E-state index is 12.6. The molecule has 0 saturated carbocycles. The van der Waals surface area contributed by atoms with Gasteiger partial charge in [-0.05, 0) is 68.5 Å². The van der Waals surface area contributed by atoms with Crippen LogP contribution in [-0.4, -0.2) is 45.4 Å². The fraction of sp³-hybridized carbons (Fsp3) is 0.611. The maximum atomic E-state index is 12.6. The first-order valence-corrected chi connectivity index (χ1v) is 10.6. The summed E-state index contributed by atoms with van der Waals surface area (Å²) < 4.78 is 28.1. The van der Waals surface area contributed by atoms with E-state index in [1.54, 1.807) is 18.2 Å². The second-order valence-corrected chi connectivity index (χ2v) is 8.74. The van der Waals surface area contributed by atoms with Gasteiger partial charge in [0.1, 0.15) is 0 Å². The number of rotatable bonds is 5. The summed E-state index contributed by atoms with van der Waals surface area (Å²) in [6.45, 7) is 5.69. The van der Waals surface area contributed by atoms with E-state index in [0.29, 0.717) is 25.3 Å². The molecule has 1 aromatic rings. The average Bonchev–Trinajstić information content (AvgIpc) is 2.80. The molecule has 1 saturated heterocycles. The second kappa shape index (κ2) is 7.85. The lowest BCUT2D eigenvalue weighted by atomic mass is 9.98. The van der Waals surface area contributed by atoms with Crippen molar-refractivity contribution in [2.24, 2.45) is 5.92 Å². The highest BCUT2D eigenvalue weighted by atomic mass is 32.2. The Morgan fingerprint density at radius 3 is 2.92 bits per heavy atom. The van der Waals surface area contributed by atoms with Gasteiger partial charge in [-0.2, -0.15) is 0 Å². The molecular weight excluding hydrogens is 338 g/mol. The number of nitrogens with one attached hydrogen (secondary N) is 2. The number of fused-ring (bicyclic) bond motifs is 1. The summed E-state index contributed by atoms with van der Waals surface area (Å²) in [4.78, 5) is 14.3. The van der Waals surface area contributed by atoms with Gasteiger partial charge in [-0.3, -0.25) is 4.79 Å². The molecule has 6 nitrogen and oxygen atoms in total. The number of aryl methyl sites for hydroxylation is 1. The van der Waals surface area contributed by atoms with Crippen molar-refractivity contribution >= 4 is 21.6 Å². The molecule has 0 bridgehead atoms. The highest BCUT2D eigenvalue weighted by Gasteiger charge is 2.23. The second-order valence-electron chi connectivity index (χ2n) is 6.97. The van der Waals surface area contributed by atoms with Crippen LogP contribution in [-0.2, 0) is 21.2 Å². The summed E-state index contributed by atoms with van der Waals surface area (Å²) in [7, 11) is -3.52. The standard InChI is InChI=1S/C18H27N3O3S/c1-2-21-10-4-5-14(13-21)12-19-25(23,24)16-8-9-17-15(11-16)6-3-7-18(22)20-17/h8-9,11,14,19H,2-7,10,12-13H2,1H3,(H,20,22). The molecule has 138 valence electrons. The van der Waals surface area contributed by atoms with Crippen LogP contribution < -0.4 is 10.0 Å². The number of nitrogens with zero attached hydrogens (tertiary/aromatic N) is 1. The molecule has 2 aliphatic heterocycles. The number of piperidine rings is 1. The minimum absolute atomic E-state index is 0.00902. The van der Waals surface area contributed by atoms with Gasteiger partial charge in [-0.1, -0.05) is 6.92 Å². The number of anilines is 1. The molecule has 1 unspecified atom stereocenters. The quantitative estimate of drug-likeness (QED) is 0.836. The fourth-order valence-corrected chi connectivity index (χ4v) is 4.80. The molecule has 1 aromatic carbocycles. The number of benzene rings is 1. The molecule has 25 heavy (non-hydrogen) atoms. The number of sulfonamides is 1. The lowest BCUT2D eigenvalue weighted by Gasteiger charge is -2.31. The van der Waals surface area contributed by atoms with Crippen molar-refractivity contribution < 1.29 is 13.2 Å². The molecule has 2 N–H and O–H groups in total. The Kier molecular flexibility index (Phi) is 5.76. The van der Waals surface area contributed by atoms with Crippen molar-refractivity contribution in [2.45, 2.75) is 43.9 Å².